The summed E-state index contributed by atoms with van der Waals surface area (Å²) in [6.45, 7) is 8.36. The fourth-order valence-corrected chi connectivity index (χ4v) is 2.20. The van der Waals surface area contributed by atoms with E-state index in [4.69, 9.17) is 17.3 Å². The SMILES string of the molecule is CCN(CC)CCNC(CN)c1ccc(Cl)cc1F. The Hall–Kier alpha value is -0.680. The minimum absolute atomic E-state index is 0.173. The average molecular weight is 288 g/mol. The fraction of sp³-hybridized carbons (Fsp3) is 0.571. The quantitative estimate of drug-likeness (QED) is 0.771. The molecule has 3 nitrogen and oxygen atoms in total. The maximum absolute atomic E-state index is 13.8. The summed E-state index contributed by atoms with van der Waals surface area (Å²) in [4.78, 5) is 2.30. The van der Waals surface area contributed by atoms with E-state index in [0.29, 0.717) is 17.1 Å². The molecule has 0 aliphatic rings. The Morgan fingerprint density at radius 2 is 2.05 bits per heavy atom. The molecule has 1 aromatic rings. The molecule has 108 valence electrons. The van der Waals surface area contributed by atoms with E-state index in [-0.39, 0.29) is 11.9 Å². The van der Waals surface area contributed by atoms with Crippen LogP contribution in [0.1, 0.15) is 25.5 Å². The smallest absolute Gasteiger partial charge is 0.129 e. The monoisotopic (exact) mass is 287 g/mol. The first-order valence-corrected chi connectivity index (χ1v) is 7.10. The molecule has 1 rings (SSSR count). The lowest BCUT2D eigenvalue weighted by atomic mass is 10.1. The standard InChI is InChI=1S/C14H23ClFN3/c1-3-19(4-2)8-7-18-14(10-17)12-6-5-11(15)9-13(12)16/h5-6,9,14,18H,3-4,7-8,10,17H2,1-2H3. The van der Waals surface area contributed by atoms with Crippen molar-refractivity contribution in [3.05, 3.63) is 34.6 Å². The molecule has 19 heavy (non-hydrogen) atoms. The van der Waals surface area contributed by atoms with Crippen molar-refractivity contribution < 1.29 is 4.39 Å². The van der Waals surface area contributed by atoms with Gasteiger partial charge in [0.2, 0.25) is 0 Å². The molecule has 0 saturated heterocycles. The Morgan fingerprint density at radius 1 is 1.37 bits per heavy atom. The van der Waals surface area contributed by atoms with Crippen molar-refractivity contribution in [2.45, 2.75) is 19.9 Å². The lowest BCUT2D eigenvalue weighted by Crippen LogP contribution is -2.36. The number of halogens is 2. The van der Waals surface area contributed by atoms with Gasteiger partial charge in [0.15, 0.2) is 0 Å². The third-order valence-corrected chi connectivity index (χ3v) is 3.52. The molecule has 0 aromatic heterocycles. The van der Waals surface area contributed by atoms with Crippen molar-refractivity contribution in [1.82, 2.24) is 10.2 Å². The minimum Gasteiger partial charge on any atom is -0.329 e. The Labute approximate surface area is 119 Å². The highest BCUT2D eigenvalue weighted by atomic mass is 35.5. The molecule has 0 saturated carbocycles. The molecule has 0 aliphatic heterocycles. The molecule has 0 spiro atoms. The Morgan fingerprint density at radius 3 is 2.58 bits per heavy atom. The van der Waals surface area contributed by atoms with Crippen molar-refractivity contribution >= 4 is 11.6 Å². The van der Waals surface area contributed by atoms with E-state index < -0.39 is 0 Å². The van der Waals surface area contributed by atoms with Gasteiger partial charge in [-0.1, -0.05) is 31.5 Å². The van der Waals surface area contributed by atoms with E-state index in [1.165, 1.54) is 6.07 Å². The highest BCUT2D eigenvalue weighted by Gasteiger charge is 2.14. The number of benzene rings is 1. The summed E-state index contributed by atoms with van der Waals surface area (Å²) in [5.74, 6) is -0.307. The van der Waals surface area contributed by atoms with Crippen LogP contribution < -0.4 is 11.1 Å². The Kier molecular flexibility index (Phi) is 7.31. The Balaban J connectivity index is 2.58. The molecule has 0 bridgehead atoms. The van der Waals surface area contributed by atoms with Crippen LogP contribution in [0.2, 0.25) is 5.02 Å². The summed E-state index contributed by atoms with van der Waals surface area (Å²) in [5, 5.41) is 3.70. The van der Waals surface area contributed by atoms with Crippen LogP contribution in [0, 0.1) is 5.82 Å². The Bertz CT molecular complexity index is 383. The zero-order valence-corrected chi connectivity index (χ0v) is 12.4. The van der Waals surface area contributed by atoms with Gasteiger partial charge in [0.25, 0.3) is 0 Å². The first-order chi connectivity index (χ1) is 9.12. The minimum atomic E-state index is -0.307. The summed E-state index contributed by atoms with van der Waals surface area (Å²) in [6.07, 6.45) is 0. The second-order valence-corrected chi connectivity index (χ2v) is 4.87. The van der Waals surface area contributed by atoms with Gasteiger partial charge in [0.1, 0.15) is 5.82 Å². The number of hydrogen-bond acceptors (Lipinski definition) is 3. The lowest BCUT2D eigenvalue weighted by Gasteiger charge is -2.22. The van der Waals surface area contributed by atoms with Crippen LogP contribution in [-0.2, 0) is 0 Å². The van der Waals surface area contributed by atoms with Gasteiger partial charge in [-0.3, -0.25) is 0 Å². The van der Waals surface area contributed by atoms with E-state index in [0.717, 1.165) is 26.2 Å². The van der Waals surface area contributed by atoms with Crippen LogP contribution in [0.3, 0.4) is 0 Å². The molecule has 0 heterocycles. The van der Waals surface area contributed by atoms with Crippen molar-refractivity contribution in [3.63, 3.8) is 0 Å². The summed E-state index contributed by atoms with van der Waals surface area (Å²) in [5.41, 5.74) is 6.29. The molecule has 0 radical (unpaired) electrons. The largest absolute Gasteiger partial charge is 0.329 e. The van der Waals surface area contributed by atoms with Crippen LogP contribution in [0.5, 0.6) is 0 Å². The van der Waals surface area contributed by atoms with Crippen LogP contribution in [0.25, 0.3) is 0 Å². The number of nitrogens with zero attached hydrogens (tertiary/aromatic N) is 1. The highest BCUT2D eigenvalue weighted by Crippen LogP contribution is 2.20. The van der Waals surface area contributed by atoms with Crippen LogP contribution in [-0.4, -0.2) is 37.6 Å². The van der Waals surface area contributed by atoms with Gasteiger partial charge in [-0.25, -0.2) is 4.39 Å². The average Bonchev–Trinajstić information content (AvgIpc) is 2.40. The first-order valence-electron chi connectivity index (χ1n) is 6.73. The molecule has 3 N–H and O–H groups in total. The first kappa shape index (κ1) is 16.4. The number of hydrogen-bond donors (Lipinski definition) is 2. The predicted octanol–water partition coefficient (Wildman–Crippen LogP) is 2.41. The van der Waals surface area contributed by atoms with Crippen molar-refractivity contribution in [2.75, 3.05) is 32.7 Å². The number of nitrogens with two attached hydrogens (primary N) is 1. The summed E-state index contributed by atoms with van der Waals surface area (Å²) >= 11 is 5.75. The molecule has 1 atom stereocenters. The third kappa shape index (κ3) is 5.07. The predicted molar refractivity (Wildman–Crippen MR) is 79.0 cm³/mol. The molecule has 1 aromatic carbocycles. The zero-order chi connectivity index (χ0) is 14.3. The number of nitrogens with one attached hydrogen (secondary N) is 1. The molecule has 1 unspecified atom stereocenters. The second-order valence-electron chi connectivity index (χ2n) is 4.44. The van der Waals surface area contributed by atoms with E-state index in [1.807, 2.05) is 0 Å². The van der Waals surface area contributed by atoms with Gasteiger partial charge in [0.05, 0.1) is 0 Å². The van der Waals surface area contributed by atoms with Gasteiger partial charge in [0, 0.05) is 36.3 Å². The summed E-state index contributed by atoms with van der Waals surface area (Å²) in [6, 6.07) is 4.53. The van der Waals surface area contributed by atoms with Crippen LogP contribution in [0.4, 0.5) is 4.39 Å². The van der Waals surface area contributed by atoms with E-state index in [1.54, 1.807) is 12.1 Å². The van der Waals surface area contributed by atoms with E-state index in [2.05, 4.69) is 24.1 Å². The zero-order valence-electron chi connectivity index (χ0n) is 11.6. The lowest BCUT2D eigenvalue weighted by molar-refractivity contribution is 0.296. The fourth-order valence-electron chi connectivity index (χ4n) is 2.04. The van der Waals surface area contributed by atoms with Gasteiger partial charge in [-0.2, -0.15) is 0 Å². The molecule has 0 aliphatic carbocycles. The maximum Gasteiger partial charge on any atom is 0.129 e. The third-order valence-electron chi connectivity index (χ3n) is 3.29. The molecule has 0 amide bonds. The highest BCUT2D eigenvalue weighted by molar-refractivity contribution is 6.30. The van der Waals surface area contributed by atoms with Gasteiger partial charge < -0.3 is 16.0 Å². The maximum atomic E-state index is 13.8. The van der Waals surface area contributed by atoms with Crippen molar-refractivity contribution in [2.24, 2.45) is 5.73 Å². The van der Waals surface area contributed by atoms with Gasteiger partial charge >= 0.3 is 0 Å². The molecule has 5 heteroatoms. The van der Waals surface area contributed by atoms with Gasteiger partial charge in [-0.05, 0) is 25.2 Å². The number of likely N-dealkylation sites (N-methyl/N-ethyl adjacent to an activating group) is 1. The van der Waals surface area contributed by atoms with Crippen LogP contribution >= 0.6 is 11.6 Å². The number of rotatable bonds is 8. The van der Waals surface area contributed by atoms with Crippen LogP contribution in [0.15, 0.2) is 18.2 Å². The van der Waals surface area contributed by atoms with E-state index in [9.17, 15) is 4.39 Å². The molecular formula is C14H23ClFN3. The van der Waals surface area contributed by atoms with E-state index >= 15 is 0 Å². The van der Waals surface area contributed by atoms with Crippen molar-refractivity contribution in [1.29, 1.82) is 0 Å². The van der Waals surface area contributed by atoms with Gasteiger partial charge in [-0.15, -0.1) is 0 Å². The second kappa shape index (κ2) is 8.48. The molecule has 0 fully saturated rings. The molecular weight excluding hydrogens is 265 g/mol. The summed E-state index contributed by atoms with van der Waals surface area (Å²) < 4.78 is 13.8. The summed E-state index contributed by atoms with van der Waals surface area (Å²) in [7, 11) is 0. The topological polar surface area (TPSA) is 41.3 Å². The normalized spacial score (nSPS) is 12.9. The van der Waals surface area contributed by atoms with Crippen molar-refractivity contribution in [3.8, 4) is 0 Å².